The Labute approximate surface area is 184 Å². The number of carboxylic acid groups (broad SMARTS) is 2. The Hall–Kier alpha value is -1.32. The van der Waals surface area contributed by atoms with Gasteiger partial charge in [-0.3, -0.25) is 9.59 Å². The lowest BCUT2D eigenvalue weighted by molar-refractivity contribution is -0.177. The number of rotatable bonds is 16. The molecular formula is C26H46O4. The van der Waals surface area contributed by atoms with E-state index in [2.05, 4.69) is 27.7 Å². The van der Waals surface area contributed by atoms with Gasteiger partial charge >= 0.3 is 11.9 Å². The second kappa shape index (κ2) is 13.2. The summed E-state index contributed by atoms with van der Waals surface area (Å²) >= 11 is 0. The molecule has 4 nitrogen and oxygen atoms in total. The van der Waals surface area contributed by atoms with Crippen molar-refractivity contribution in [3.63, 3.8) is 0 Å². The summed E-state index contributed by atoms with van der Waals surface area (Å²) in [6, 6.07) is 0. The molecule has 1 aliphatic carbocycles. The van der Waals surface area contributed by atoms with Crippen molar-refractivity contribution in [1.29, 1.82) is 0 Å². The van der Waals surface area contributed by atoms with E-state index in [-0.39, 0.29) is 0 Å². The maximum absolute atomic E-state index is 12.5. The molecule has 2 unspecified atom stereocenters. The zero-order chi connectivity index (χ0) is 22.6. The van der Waals surface area contributed by atoms with Gasteiger partial charge < -0.3 is 10.2 Å². The van der Waals surface area contributed by atoms with Gasteiger partial charge in [-0.15, -0.1) is 0 Å². The molecule has 2 atom stereocenters. The third kappa shape index (κ3) is 7.42. The summed E-state index contributed by atoms with van der Waals surface area (Å²) in [5.74, 6) is -0.453. The van der Waals surface area contributed by atoms with Crippen LogP contribution in [0.4, 0.5) is 0 Å². The van der Waals surface area contributed by atoms with Crippen LogP contribution in [0.25, 0.3) is 0 Å². The van der Waals surface area contributed by atoms with Crippen LogP contribution in [0, 0.1) is 22.7 Å². The molecule has 0 spiro atoms. The van der Waals surface area contributed by atoms with E-state index in [0.29, 0.717) is 37.5 Å². The average molecular weight is 423 g/mol. The monoisotopic (exact) mass is 422 g/mol. The van der Waals surface area contributed by atoms with Crippen molar-refractivity contribution >= 4 is 11.9 Å². The highest BCUT2D eigenvalue weighted by molar-refractivity contribution is 5.87. The summed E-state index contributed by atoms with van der Waals surface area (Å²) in [6.45, 7) is 8.88. The molecule has 0 saturated carbocycles. The summed E-state index contributed by atoms with van der Waals surface area (Å²) in [5, 5.41) is 20.5. The average Bonchev–Trinajstić information content (AvgIpc) is 2.67. The molecule has 2 N–H and O–H groups in total. The molecular weight excluding hydrogens is 376 g/mol. The highest BCUT2D eigenvalue weighted by Gasteiger charge is 2.60. The maximum atomic E-state index is 12.5. The SMILES string of the molecule is CC(C)CCCCCCC1(C(=O)O)CC=CCC1(CCCCCCC(C)C)C(=O)O. The van der Waals surface area contributed by atoms with E-state index in [1.807, 2.05) is 12.2 Å². The highest BCUT2D eigenvalue weighted by atomic mass is 16.4. The summed E-state index contributed by atoms with van der Waals surface area (Å²) in [4.78, 5) is 25.0. The summed E-state index contributed by atoms with van der Waals surface area (Å²) in [7, 11) is 0. The molecule has 174 valence electrons. The normalized spacial score (nSPS) is 23.9. The lowest BCUT2D eigenvalue weighted by Gasteiger charge is -2.47. The van der Waals surface area contributed by atoms with Gasteiger partial charge in [0.05, 0.1) is 10.8 Å². The van der Waals surface area contributed by atoms with Crippen molar-refractivity contribution in [2.24, 2.45) is 22.7 Å². The van der Waals surface area contributed by atoms with E-state index in [4.69, 9.17) is 0 Å². The van der Waals surface area contributed by atoms with Crippen LogP contribution in [-0.4, -0.2) is 22.2 Å². The second-order valence-corrected chi connectivity index (χ2v) is 10.3. The molecule has 0 aromatic rings. The van der Waals surface area contributed by atoms with Crippen molar-refractivity contribution < 1.29 is 19.8 Å². The van der Waals surface area contributed by atoms with E-state index in [1.165, 1.54) is 12.8 Å². The lowest BCUT2D eigenvalue weighted by atomic mass is 9.54. The van der Waals surface area contributed by atoms with Crippen LogP contribution in [0.3, 0.4) is 0 Å². The topological polar surface area (TPSA) is 74.6 Å². The number of carboxylic acids is 2. The Kier molecular flexibility index (Phi) is 11.7. The number of hydrogen-bond acceptors (Lipinski definition) is 2. The zero-order valence-corrected chi connectivity index (χ0v) is 19.9. The standard InChI is InChI=1S/C26H46O4/c1-21(2)15-9-5-7-11-17-25(23(27)28)19-13-14-20-26(25,24(29)30)18-12-8-6-10-16-22(3)4/h13-14,21-22H,5-12,15-20H2,1-4H3,(H,27,28)(H,29,30). The minimum Gasteiger partial charge on any atom is -0.481 e. The van der Waals surface area contributed by atoms with E-state index in [9.17, 15) is 19.8 Å². The minimum absolute atomic E-state index is 0.341. The Balaban J connectivity index is 2.79. The van der Waals surface area contributed by atoms with Gasteiger partial charge in [-0.25, -0.2) is 0 Å². The van der Waals surface area contributed by atoms with Gasteiger partial charge in [0.15, 0.2) is 0 Å². The molecule has 4 heteroatoms. The Bertz CT molecular complexity index is 503. The first-order chi connectivity index (χ1) is 14.2. The van der Waals surface area contributed by atoms with Gasteiger partial charge in [-0.1, -0.05) is 104 Å². The van der Waals surface area contributed by atoms with Crippen LogP contribution >= 0.6 is 0 Å². The van der Waals surface area contributed by atoms with Crippen molar-refractivity contribution in [3.8, 4) is 0 Å². The van der Waals surface area contributed by atoms with E-state index in [0.717, 1.165) is 51.4 Å². The fourth-order valence-electron chi connectivity index (χ4n) is 5.11. The third-order valence-corrected chi connectivity index (χ3v) is 7.10. The first-order valence-corrected chi connectivity index (χ1v) is 12.3. The van der Waals surface area contributed by atoms with Crippen LogP contribution in [0.1, 0.15) is 118 Å². The predicted molar refractivity (Wildman–Crippen MR) is 124 cm³/mol. The van der Waals surface area contributed by atoms with Gasteiger partial charge in [0.1, 0.15) is 0 Å². The van der Waals surface area contributed by atoms with Gasteiger partial charge in [0.25, 0.3) is 0 Å². The minimum atomic E-state index is -1.18. The van der Waals surface area contributed by atoms with Crippen LogP contribution in [0.5, 0.6) is 0 Å². The summed E-state index contributed by atoms with van der Waals surface area (Å²) < 4.78 is 0. The Morgan fingerprint density at radius 2 is 1.00 bits per heavy atom. The smallest absolute Gasteiger partial charge is 0.311 e. The number of carbonyl (C=O) groups is 2. The first-order valence-electron chi connectivity index (χ1n) is 12.3. The van der Waals surface area contributed by atoms with Gasteiger partial charge in [-0.05, 0) is 37.5 Å². The van der Waals surface area contributed by atoms with Crippen molar-refractivity contribution in [1.82, 2.24) is 0 Å². The molecule has 30 heavy (non-hydrogen) atoms. The summed E-state index contributed by atoms with van der Waals surface area (Å²) in [6.07, 6.45) is 15.9. The predicted octanol–water partition coefficient (Wildman–Crippen LogP) is 7.47. The molecule has 0 amide bonds. The molecule has 0 radical (unpaired) electrons. The molecule has 0 aromatic carbocycles. The highest BCUT2D eigenvalue weighted by Crippen LogP contribution is 2.55. The largest absolute Gasteiger partial charge is 0.481 e. The zero-order valence-electron chi connectivity index (χ0n) is 19.9. The number of aliphatic carboxylic acids is 2. The van der Waals surface area contributed by atoms with Gasteiger partial charge in [0, 0.05) is 0 Å². The van der Waals surface area contributed by atoms with Crippen molar-refractivity contribution in [2.45, 2.75) is 118 Å². The fraction of sp³-hybridized carbons (Fsp3) is 0.846. The number of hydrogen-bond donors (Lipinski definition) is 2. The lowest BCUT2D eigenvalue weighted by Crippen LogP contribution is -2.53. The molecule has 0 aromatic heterocycles. The number of unbranched alkanes of at least 4 members (excludes halogenated alkanes) is 6. The van der Waals surface area contributed by atoms with E-state index in [1.54, 1.807) is 0 Å². The molecule has 1 aliphatic rings. The van der Waals surface area contributed by atoms with Crippen LogP contribution in [0.15, 0.2) is 12.2 Å². The molecule has 1 rings (SSSR count). The Morgan fingerprint density at radius 1 is 0.667 bits per heavy atom. The quantitative estimate of drug-likeness (QED) is 0.200. The maximum Gasteiger partial charge on any atom is 0.311 e. The van der Waals surface area contributed by atoms with Gasteiger partial charge in [0.2, 0.25) is 0 Å². The third-order valence-electron chi connectivity index (χ3n) is 7.10. The summed E-state index contributed by atoms with van der Waals surface area (Å²) in [5.41, 5.74) is -2.35. The Morgan fingerprint density at radius 3 is 1.30 bits per heavy atom. The van der Waals surface area contributed by atoms with Crippen LogP contribution in [0.2, 0.25) is 0 Å². The first kappa shape index (κ1) is 26.7. The van der Waals surface area contributed by atoms with Crippen LogP contribution < -0.4 is 0 Å². The van der Waals surface area contributed by atoms with E-state index < -0.39 is 22.8 Å². The number of allylic oxidation sites excluding steroid dienone is 2. The fourth-order valence-corrected chi connectivity index (χ4v) is 5.11. The second-order valence-electron chi connectivity index (χ2n) is 10.3. The molecule has 0 aliphatic heterocycles. The van der Waals surface area contributed by atoms with Crippen LogP contribution in [-0.2, 0) is 9.59 Å². The molecule has 0 heterocycles. The molecule has 0 saturated heterocycles. The molecule has 0 bridgehead atoms. The molecule has 0 fully saturated rings. The van der Waals surface area contributed by atoms with Crippen molar-refractivity contribution in [3.05, 3.63) is 12.2 Å². The van der Waals surface area contributed by atoms with Gasteiger partial charge in [-0.2, -0.15) is 0 Å². The van der Waals surface area contributed by atoms with Crippen molar-refractivity contribution in [2.75, 3.05) is 0 Å². The van der Waals surface area contributed by atoms with E-state index >= 15 is 0 Å².